The van der Waals surface area contributed by atoms with Crippen molar-refractivity contribution in [2.45, 2.75) is 25.9 Å². The number of nitrogen functional groups attached to an aromatic ring is 1. The lowest BCUT2D eigenvalue weighted by Gasteiger charge is -2.41. The lowest BCUT2D eigenvalue weighted by molar-refractivity contribution is -0.140. The summed E-state index contributed by atoms with van der Waals surface area (Å²) in [6, 6.07) is 8.06. The Bertz CT molecular complexity index is 665. The molecule has 2 aromatic rings. The first kappa shape index (κ1) is 13.6. The molecule has 1 aromatic heterocycles. The molecule has 5 nitrogen and oxygen atoms in total. The van der Waals surface area contributed by atoms with Crippen molar-refractivity contribution >= 4 is 11.7 Å². The highest BCUT2D eigenvalue weighted by molar-refractivity contribution is 5.77. The average molecular weight is 288 g/mol. The maximum Gasteiger partial charge on any atom is 0.244 e. The number of nitrogens with two attached hydrogens (primary N) is 1. The molecule has 1 unspecified atom stereocenters. The van der Waals surface area contributed by atoms with Gasteiger partial charge in [0.2, 0.25) is 5.91 Å². The molecular weight excluding hydrogens is 271 g/mol. The first-order valence-corrected chi connectivity index (χ1v) is 6.89. The topological polar surface area (TPSA) is 64.2 Å². The average Bonchev–Trinajstić information content (AvgIpc) is 2.69. The van der Waals surface area contributed by atoms with Crippen molar-refractivity contribution in [3.8, 4) is 0 Å². The van der Waals surface area contributed by atoms with Crippen LogP contribution < -0.4 is 5.73 Å². The number of hydrogen-bond donors (Lipinski definition) is 1. The highest BCUT2D eigenvalue weighted by Crippen LogP contribution is 2.33. The molecule has 1 aromatic carbocycles. The monoisotopic (exact) mass is 288 g/mol. The van der Waals surface area contributed by atoms with Crippen molar-refractivity contribution in [3.63, 3.8) is 0 Å². The van der Waals surface area contributed by atoms with Crippen LogP contribution in [0, 0.1) is 12.7 Å². The third kappa shape index (κ3) is 2.61. The summed E-state index contributed by atoms with van der Waals surface area (Å²) in [5.74, 6) is 0.195. The van der Waals surface area contributed by atoms with E-state index in [9.17, 15) is 9.18 Å². The molecule has 1 amide bonds. The second-order valence-corrected chi connectivity index (χ2v) is 5.31. The summed E-state index contributed by atoms with van der Waals surface area (Å²) in [5, 5.41) is 4.19. The van der Waals surface area contributed by atoms with Crippen LogP contribution in [0.3, 0.4) is 0 Å². The summed E-state index contributed by atoms with van der Waals surface area (Å²) in [6.45, 7) is 2.68. The Morgan fingerprint density at radius 1 is 1.43 bits per heavy atom. The molecule has 1 atom stereocenters. The van der Waals surface area contributed by atoms with Crippen molar-refractivity contribution in [1.29, 1.82) is 0 Å². The van der Waals surface area contributed by atoms with Crippen LogP contribution in [0.2, 0.25) is 0 Å². The minimum Gasteiger partial charge on any atom is -0.384 e. The molecule has 0 aliphatic carbocycles. The third-order valence-electron chi connectivity index (χ3n) is 3.81. The van der Waals surface area contributed by atoms with E-state index in [1.54, 1.807) is 23.1 Å². The highest BCUT2D eigenvalue weighted by Gasteiger charge is 2.33. The first-order valence-electron chi connectivity index (χ1n) is 6.89. The quantitative estimate of drug-likeness (QED) is 0.938. The van der Waals surface area contributed by atoms with E-state index < -0.39 is 0 Å². The third-order valence-corrected chi connectivity index (χ3v) is 3.81. The number of aromatic nitrogens is 2. The zero-order valence-electron chi connectivity index (χ0n) is 11.8. The number of anilines is 1. The molecule has 3 rings (SSSR count). The van der Waals surface area contributed by atoms with E-state index in [0.29, 0.717) is 12.4 Å². The van der Waals surface area contributed by atoms with Crippen LogP contribution in [0.15, 0.2) is 30.3 Å². The molecule has 6 heteroatoms. The minimum atomic E-state index is -0.268. The van der Waals surface area contributed by atoms with Gasteiger partial charge in [0.25, 0.3) is 0 Å². The van der Waals surface area contributed by atoms with E-state index in [4.69, 9.17) is 5.73 Å². The molecule has 1 aliphatic heterocycles. The molecule has 1 aliphatic rings. The van der Waals surface area contributed by atoms with Crippen molar-refractivity contribution in [2.75, 3.05) is 12.3 Å². The molecule has 0 bridgehead atoms. The van der Waals surface area contributed by atoms with Gasteiger partial charge in [-0.25, -0.2) is 9.07 Å². The number of benzene rings is 1. The van der Waals surface area contributed by atoms with Gasteiger partial charge in [-0.15, -0.1) is 0 Å². The Morgan fingerprint density at radius 3 is 2.67 bits per heavy atom. The number of nitrogens with zero attached hydrogens (tertiary/aromatic N) is 3. The van der Waals surface area contributed by atoms with Gasteiger partial charge in [0.1, 0.15) is 18.2 Å². The molecule has 0 radical (unpaired) electrons. The van der Waals surface area contributed by atoms with Gasteiger partial charge in [0.05, 0.1) is 11.7 Å². The Balaban J connectivity index is 1.70. The molecule has 21 heavy (non-hydrogen) atoms. The lowest BCUT2D eigenvalue weighted by atomic mass is 9.94. The summed E-state index contributed by atoms with van der Waals surface area (Å²) in [4.78, 5) is 14.1. The summed E-state index contributed by atoms with van der Waals surface area (Å²) >= 11 is 0. The van der Waals surface area contributed by atoms with Gasteiger partial charge in [-0.05, 0) is 31.0 Å². The Kier molecular flexibility index (Phi) is 3.37. The van der Waals surface area contributed by atoms with Crippen LogP contribution >= 0.6 is 0 Å². The molecular formula is C15H17FN4O. The fourth-order valence-corrected chi connectivity index (χ4v) is 2.63. The number of likely N-dealkylation sites (tertiary alicyclic amines) is 1. The van der Waals surface area contributed by atoms with Crippen molar-refractivity contribution in [3.05, 3.63) is 47.4 Å². The molecule has 1 saturated heterocycles. The second-order valence-electron chi connectivity index (χ2n) is 5.31. The smallest absolute Gasteiger partial charge is 0.244 e. The van der Waals surface area contributed by atoms with Gasteiger partial charge >= 0.3 is 0 Å². The molecule has 0 spiro atoms. The first-order chi connectivity index (χ1) is 10.0. The zero-order chi connectivity index (χ0) is 15.0. The number of hydrogen-bond acceptors (Lipinski definition) is 3. The highest BCUT2D eigenvalue weighted by atomic mass is 19.1. The SMILES string of the molecule is Cc1cc(N)n(CC(=O)N2CCC2c2ccc(F)cc2)n1. The van der Waals surface area contributed by atoms with Crippen LogP contribution in [-0.4, -0.2) is 27.1 Å². The van der Waals surface area contributed by atoms with E-state index >= 15 is 0 Å². The van der Waals surface area contributed by atoms with E-state index in [0.717, 1.165) is 17.7 Å². The Morgan fingerprint density at radius 2 is 2.14 bits per heavy atom. The van der Waals surface area contributed by atoms with E-state index in [-0.39, 0.29) is 24.3 Å². The van der Waals surface area contributed by atoms with Gasteiger partial charge in [-0.3, -0.25) is 4.79 Å². The Labute approximate surface area is 122 Å². The van der Waals surface area contributed by atoms with E-state index in [1.807, 2.05) is 6.92 Å². The maximum absolute atomic E-state index is 13.0. The lowest BCUT2D eigenvalue weighted by Crippen LogP contribution is -2.46. The molecule has 2 heterocycles. The number of halogens is 1. The fourth-order valence-electron chi connectivity index (χ4n) is 2.63. The summed E-state index contributed by atoms with van der Waals surface area (Å²) < 4.78 is 14.5. The predicted molar refractivity (Wildman–Crippen MR) is 76.8 cm³/mol. The van der Waals surface area contributed by atoms with Crippen molar-refractivity contribution in [2.24, 2.45) is 0 Å². The zero-order valence-corrected chi connectivity index (χ0v) is 11.8. The summed E-state index contributed by atoms with van der Waals surface area (Å²) in [6.07, 6.45) is 0.894. The minimum absolute atomic E-state index is 0.0228. The van der Waals surface area contributed by atoms with E-state index in [2.05, 4.69) is 5.10 Å². The summed E-state index contributed by atoms with van der Waals surface area (Å²) in [7, 11) is 0. The van der Waals surface area contributed by atoms with Gasteiger partial charge in [0, 0.05) is 12.6 Å². The molecule has 110 valence electrons. The maximum atomic E-state index is 13.0. The number of carbonyl (C=O) groups is 1. The second kappa shape index (κ2) is 5.20. The van der Waals surface area contributed by atoms with Crippen molar-refractivity contribution in [1.82, 2.24) is 14.7 Å². The van der Waals surface area contributed by atoms with Gasteiger partial charge in [-0.2, -0.15) is 5.10 Å². The van der Waals surface area contributed by atoms with Crippen LogP contribution in [0.1, 0.15) is 23.7 Å². The van der Waals surface area contributed by atoms with Crippen LogP contribution in [0.4, 0.5) is 10.2 Å². The summed E-state index contributed by atoms with van der Waals surface area (Å²) in [5.41, 5.74) is 7.55. The van der Waals surface area contributed by atoms with Crippen molar-refractivity contribution < 1.29 is 9.18 Å². The van der Waals surface area contributed by atoms with Gasteiger partial charge < -0.3 is 10.6 Å². The van der Waals surface area contributed by atoms with Gasteiger partial charge in [0.15, 0.2) is 0 Å². The number of rotatable bonds is 3. The normalized spacial score (nSPS) is 17.6. The Hall–Kier alpha value is -2.37. The van der Waals surface area contributed by atoms with Crippen LogP contribution in [0.5, 0.6) is 0 Å². The van der Waals surface area contributed by atoms with Gasteiger partial charge in [-0.1, -0.05) is 12.1 Å². The largest absolute Gasteiger partial charge is 0.384 e. The number of amides is 1. The molecule has 2 N–H and O–H groups in total. The number of aryl methyl sites for hydroxylation is 1. The number of carbonyl (C=O) groups excluding carboxylic acids is 1. The standard InChI is InChI=1S/C15H17FN4O/c1-10-8-14(17)20(18-10)9-15(21)19-7-6-13(19)11-2-4-12(16)5-3-11/h2-5,8,13H,6-7,9,17H2,1H3. The fraction of sp³-hybridized carbons (Fsp3) is 0.333. The molecule has 1 fully saturated rings. The molecule has 0 saturated carbocycles. The van der Waals surface area contributed by atoms with E-state index in [1.165, 1.54) is 16.8 Å². The van der Waals surface area contributed by atoms with Crippen LogP contribution in [0.25, 0.3) is 0 Å². The predicted octanol–water partition coefficient (Wildman–Crippen LogP) is 1.89. The van der Waals surface area contributed by atoms with Crippen LogP contribution in [-0.2, 0) is 11.3 Å².